The summed E-state index contributed by atoms with van der Waals surface area (Å²) in [6.45, 7) is 0.496. The van der Waals surface area contributed by atoms with Gasteiger partial charge in [0, 0.05) is 5.56 Å². The van der Waals surface area contributed by atoms with Crippen molar-refractivity contribution in [2.24, 2.45) is 11.5 Å². The van der Waals surface area contributed by atoms with Crippen molar-refractivity contribution < 1.29 is 22.4 Å². The fourth-order valence-electron chi connectivity index (χ4n) is 2.29. The molecule has 1 atom stereocenters. The summed E-state index contributed by atoms with van der Waals surface area (Å²) in [6.07, 6.45) is 1.85. The average molecular weight is 394 g/mol. The lowest BCUT2D eigenvalue weighted by Crippen LogP contribution is -2.35. The molecule has 0 aliphatic heterocycles. The molecule has 1 heterocycles. The predicted molar refractivity (Wildman–Crippen MR) is 96.0 cm³/mol. The van der Waals surface area contributed by atoms with E-state index in [9.17, 15) is 22.4 Å². The van der Waals surface area contributed by atoms with Crippen molar-refractivity contribution in [1.29, 1.82) is 0 Å². The van der Waals surface area contributed by atoms with E-state index >= 15 is 0 Å². The maximum atomic E-state index is 13.7. The maximum absolute atomic E-state index is 13.7. The first-order valence-corrected chi connectivity index (χ1v) is 8.42. The molecule has 5 nitrogen and oxygen atoms in total. The molecule has 5 N–H and O–H groups in total. The number of benzene rings is 1. The van der Waals surface area contributed by atoms with Gasteiger partial charge in [-0.2, -0.15) is 13.8 Å². The molecule has 0 radical (unpaired) electrons. The largest absolute Gasteiger partial charge is 0.330 e. The standard InChI is InChI=1S/C19H18F4N4O/c20-15-12(16(21)18(23)27-17(15)22)9-8-11-5-1-2-7-14(11)26-19(28)13(25)6-3-4-10-24/h1-2,5,7,13H,3-4,6,10,24-25H2,(H,26,28)/t13-/m0/s1. The summed E-state index contributed by atoms with van der Waals surface area (Å²) in [6, 6.07) is 5.38. The van der Waals surface area contributed by atoms with Crippen LogP contribution in [0.4, 0.5) is 23.2 Å². The highest BCUT2D eigenvalue weighted by Gasteiger charge is 2.19. The van der Waals surface area contributed by atoms with Gasteiger partial charge in [-0.25, -0.2) is 8.78 Å². The Morgan fingerprint density at radius 2 is 1.71 bits per heavy atom. The van der Waals surface area contributed by atoms with Crippen molar-refractivity contribution in [1.82, 2.24) is 4.98 Å². The van der Waals surface area contributed by atoms with Crippen LogP contribution >= 0.6 is 0 Å². The molecule has 1 amide bonds. The molecule has 1 aromatic carbocycles. The number of para-hydroxylation sites is 1. The fourth-order valence-corrected chi connectivity index (χ4v) is 2.29. The van der Waals surface area contributed by atoms with Gasteiger partial charge >= 0.3 is 0 Å². The van der Waals surface area contributed by atoms with Gasteiger partial charge in [-0.1, -0.05) is 30.4 Å². The second-order valence-electron chi connectivity index (χ2n) is 5.87. The van der Waals surface area contributed by atoms with E-state index in [4.69, 9.17) is 11.5 Å². The minimum Gasteiger partial charge on any atom is -0.330 e. The molecule has 28 heavy (non-hydrogen) atoms. The van der Waals surface area contributed by atoms with Crippen LogP contribution in [0.25, 0.3) is 0 Å². The molecule has 1 aromatic heterocycles. The van der Waals surface area contributed by atoms with Gasteiger partial charge in [0.15, 0.2) is 11.6 Å². The number of carbonyl (C=O) groups is 1. The van der Waals surface area contributed by atoms with E-state index in [1.807, 2.05) is 5.92 Å². The summed E-state index contributed by atoms with van der Waals surface area (Å²) in [5.41, 5.74) is 10.5. The first kappa shape index (κ1) is 21.3. The Balaban J connectivity index is 2.25. The van der Waals surface area contributed by atoms with Gasteiger partial charge < -0.3 is 16.8 Å². The normalized spacial score (nSPS) is 11.5. The van der Waals surface area contributed by atoms with Crippen LogP contribution in [-0.4, -0.2) is 23.5 Å². The van der Waals surface area contributed by atoms with Gasteiger partial charge in [0.05, 0.1) is 11.7 Å². The van der Waals surface area contributed by atoms with Crippen molar-refractivity contribution >= 4 is 11.6 Å². The van der Waals surface area contributed by atoms with Crippen molar-refractivity contribution in [3.05, 3.63) is 58.9 Å². The first-order chi connectivity index (χ1) is 13.3. The molecule has 0 saturated heterocycles. The van der Waals surface area contributed by atoms with Gasteiger partial charge in [-0.15, -0.1) is 0 Å². The quantitative estimate of drug-likeness (QED) is 0.304. The number of unbranched alkanes of at least 4 members (excludes halogenated alkanes) is 1. The Hall–Kier alpha value is -2.96. The number of amides is 1. The summed E-state index contributed by atoms with van der Waals surface area (Å²) in [4.78, 5) is 14.7. The number of nitrogens with two attached hydrogens (primary N) is 2. The van der Waals surface area contributed by atoms with Crippen molar-refractivity contribution in [2.45, 2.75) is 25.3 Å². The Labute approximate surface area is 159 Å². The van der Waals surface area contributed by atoms with Gasteiger partial charge in [0.25, 0.3) is 11.9 Å². The molecule has 0 aliphatic rings. The summed E-state index contributed by atoms with van der Waals surface area (Å²) in [5, 5.41) is 2.58. The molecule has 9 heteroatoms. The number of nitrogens with zero attached hydrogens (tertiary/aromatic N) is 1. The molecule has 0 spiro atoms. The Morgan fingerprint density at radius 1 is 1.07 bits per heavy atom. The second kappa shape index (κ2) is 9.82. The molecule has 0 fully saturated rings. The maximum Gasteiger partial charge on any atom is 0.253 e. The molecule has 0 unspecified atom stereocenters. The van der Waals surface area contributed by atoms with Crippen LogP contribution in [0.2, 0.25) is 0 Å². The summed E-state index contributed by atoms with van der Waals surface area (Å²) < 4.78 is 53.7. The minimum absolute atomic E-state index is 0.182. The van der Waals surface area contributed by atoms with Crippen molar-refractivity contribution in [3.63, 3.8) is 0 Å². The third-order valence-corrected chi connectivity index (χ3v) is 3.81. The van der Waals surface area contributed by atoms with Gasteiger partial charge in [-0.05, 0) is 31.5 Å². The molecule has 0 aliphatic carbocycles. The highest BCUT2D eigenvalue weighted by Crippen LogP contribution is 2.18. The number of carbonyl (C=O) groups excluding carboxylic acids is 1. The number of nitrogens with one attached hydrogen (secondary N) is 1. The third kappa shape index (κ3) is 5.28. The molecular weight excluding hydrogens is 376 g/mol. The molecule has 2 aromatic rings. The lowest BCUT2D eigenvalue weighted by atomic mass is 10.1. The van der Waals surface area contributed by atoms with Crippen LogP contribution in [0.1, 0.15) is 30.4 Å². The van der Waals surface area contributed by atoms with Crippen molar-refractivity contribution in [3.8, 4) is 11.8 Å². The number of hydrogen-bond donors (Lipinski definition) is 3. The highest BCUT2D eigenvalue weighted by atomic mass is 19.2. The van der Waals surface area contributed by atoms with Gasteiger partial charge in [0.2, 0.25) is 5.91 Å². The van der Waals surface area contributed by atoms with E-state index in [1.165, 1.54) is 12.1 Å². The zero-order chi connectivity index (χ0) is 20.7. The second-order valence-corrected chi connectivity index (χ2v) is 5.87. The van der Waals surface area contributed by atoms with Crippen molar-refractivity contribution in [2.75, 3.05) is 11.9 Å². The summed E-state index contributed by atoms with van der Waals surface area (Å²) >= 11 is 0. The lowest BCUT2D eigenvalue weighted by Gasteiger charge is -2.13. The minimum atomic E-state index is -1.80. The zero-order valence-corrected chi connectivity index (χ0v) is 14.7. The monoisotopic (exact) mass is 394 g/mol. The lowest BCUT2D eigenvalue weighted by molar-refractivity contribution is -0.117. The van der Waals surface area contributed by atoms with E-state index < -0.39 is 41.0 Å². The molecule has 0 bridgehead atoms. The van der Waals surface area contributed by atoms with E-state index in [0.29, 0.717) is 19.4 Å². The Kier molecular flexibility index (Phi) is 7.49. The number of anilines is 1. The van der Waals surface area contributed by atoms with Gasteiger partial charge in [0.1, 0.15) is 5.56 Å². The molecule has 148 valence electrons. The number of halogens is 4. The SMILES string of the molecule is NCCCC[C@H](N)C(=O)Nc1ccccc1C#Cc1c(F)c(F)nc(F)c1F. The topological polar surface area (TPSA) is 94.0 Å². The fraction of sp³-hybridized carbons (Fsp3) is 0.263. The smallest absolute Gasteiger partial charge is 0.253 e. The number of hydrogen-bond acceptors (Lipinski definition) is 4. The molecular formula is C19H18F4N4O. The van der Waals surface area contributed by atoms with Gasteiger partial charge in [-0.3, -0.25) is 4.79 Å². The Bertz CT molecular complexity index is 898. The summed E-state index contributed by atoms with van der Waals surface area (Å²) in [5.74, 6) is -3.02. The van der Waals surface area contributed by atoms with Crippen LogP contribution < -0.4 is 16.8 Å². The van der Waals surface area contributed by atoms with Crippen LogP contribution in [-0.2, 0) is 4.79 Å². The molecule has 2 rings (SSSR count). The average Bonchev–Trinajstić information content (AvgIpc) is 2.67. The van der Waals surface area contributed by atoms with Crippen LogP contribution in [0.15, 0.2) is 24.3 Å². The van der Waals surface area contributed by atoms with Crippen LogP contribution in [0, 0.1) is 35.4 Å². The van der Waals surface area contributed by atoms with E-state index in [1.54, 1.807) is 12.1 Å². The summed E-state index contributed by atoms with van der Waals surface area (Å²) in [7, 11) is 0. The van der Waals surface area contributed by atoms with E-state index in [2.05, 4.69) is 16.2 Å². The van der Waals surface area contributed by atoms with E-state index in [-0.39, 0.29) is 11.3 Å². The van der Waals surface area contributed by atoms with E-state index in [0.717, 1.165) is 6.42 Å². The van der Waals surface area contributed by atoms with Crippen LogP contribution in [0.3, 0.4) is 0 Å². The number of pyridine rings is 1. The number of rotatable bonds is 6. The number of aromatic nitrogens is 1. The molecule has 0 saturated carbocycles. The Morgan fingerprint density at radius 3 is 2.36 bits per heavy atom. The zero-order valence-electron chi connectivity index (χ0n) is 14.7. The highest BCUT2D eigenvalue weighted by molar-refractivity contribution is 5.95. The van der Waals surface area contributed by atoms with Crippen LogP contribution in [0.5, 0.6) is 0 Å². The predicted octanol–water partition coefficient (Wildman–Crippen LogP) is 2.43. The third-order valence-electron chi connectivity index (χ3n) is 3.81. The first-order valence-electron chi connectivity index (χ1n) is 8.42.